The third-order valence-corrected chi connectivity index (χ3v) is 4.63. The van der Waals surface area contributed by atoms with Crippen LogP contribution in [0.5, 0.6) is 0 Å². The summed E-state index contributed by atoms with van der Waals surface area (Å²) in [7, 11) is 0. The lowest BCUT2D eigenvalue weighted by Gasteiger charge is -2.35. The Bertz CT molecular complexity index is 475. The van der Waals surface area contributed by atoms with Gasteiger partial charge < -0.3 is 11.1 Å². The van der Waals surface area contributed by atoms with Gasteiger partial charge in [0, 0.05) is 11.6 Å². The Labute approximate surface area is 119 Å². The van der Waals surface area contributed by atoms with Crippen LogP contribution in [0.2, 0.25) is 5.02 Å². The highest BCUT2D eigenvalue weighted by atomic mass is 35.5. The molecule has 104 valence electrons. The number of carbonyl (C=O) groups excluding carboxylic acids is 1. The molecule has 0 spiro atoms. The Morgan fingerprint density at radius 3 is 2.79 bits per heavy atom. The van der Waals surface area contributed by atoms with Gasteiger partial charge in [-0.1, -0.05) is 38.3 Å². The van der Waals surface area contributed by atoms with Gasteiger partial charge in [0.2, 0.25) is 5.91 Å². The van der Waals surface area contributed by atoms with E-state index in [-0.39, 0.29) is 0 Å². The molecule has 0 saturated heterocycles. The molecule has 0 radical (unpaired) electrons. The average molecular weight is 281 g/mol. The molecule has 3 N–H and O–H groups in total. The molecular formula is C15H21ClN2O. The van der Waals surface area contributed by atoms with Crippen LogP contribution in [0.25, 0.3) is 0 Å². The second-order valence-electron chi connectivity index (χ2n) is 5.58. The van der Waals surface area contributed by atoms with E-state index in [0.717, 1.165) is 12.1 Å². The molecule has 1 aromatic carbocycles. The van der Waals surface area contributed by atoms with Gasteiger partial charge in [0.25, 0.3) is 0 Å². The molecule has 3 unspecified atom stereocenters. The molecule has 1 saturated carbocycles. The molecule has 3 atom stereocenters. The molecular weight excluding hydrogens is 260 g/mol. The lowest BCUT2D eigenvalue weighted by Crippen LogP contribution is -2.35. The zero-order valence-corrected chi connectivity index (χ0v) is 12.2. The Morgan fingerprint density at radius 1 is 1.37 bits per heavy atom. The van der Waals surface area contributed by atoms with Gasteiger partial charge in [-0.3, -0.25) is 4.79 Å². The summed E-state index contributed by atoms with van der Waals surface area (Å²) in [5.41, 5.74) is 6.60. The summed E-state index contributed by atoms with van der Waals surface area (Å²) in [5.74, 6) is 0.885. The van der Waals surface area contributed by atoms with E-state index in [1.54, 1.807) is 18.2 Å². The van der Waals surface area contributed by atoms with E-state index in [1.165, 1.54) is 12.8 Å². The first-order chi connectivity index (χ1) is 8.99. The number of rotatable bonds is 3. The minimum absolute atomic E-state index is 0.407. The van der Waals surface area contributed by atoms with E-state index in [9.17, 15) is 4.79 Å². The summed E-state index contributed by atoms with van der Waals surface area (Å²) in [6, 6.07) is 5.53. The predicted octanol–water partition coefficient (Wildman–Crippen LogP) is 3.68. The van der Waals surface area contributed by atoms with Gasteiger partial charge in [0.05, 0.1) is 10.7 Å². The molecule has 1 amide bonds. The molecule has 0 heterocycles. The summed E-state index contributed by atoms with van der Waals surface area (Å²) in [4.78, 5) is 11.2. The smallest absolute Gasteiger partial charge is 0.248 e. The van der Waals surface area contributed by atoms with Crippen molar-refractivity contribution < 1.29 is 4.79 Å². The van der Waals surface area contributed by atoms with E-state index in [4.69, 9.17) is 17.3 Å². The van der Waals surface area contributed by atoms with Crippen LogP contribution < -0.4 is 11.1 Å². The summed E-state index contributed by atoms with van der Waals surface area (Å²) >= 11 is 6.19. The Kier molecular flexibility index (Phi) is 4.35. The Balaban J connectivity index is 2.18. The number of nitrogens with two attached hydrogens (primary N) is 1. The van der Waals surface area contributed by atoms with Crippen molar-refractivity contribution in [3.05, 3.63) is 28.8 Å². The number of carbonyl (C=O) groups is 1. The van der Waals surface area contributed by atoms with Crippen LogP contribution in [0.3, 0.4) is 0 Å². The topological polar surface area (TPSA) is 55.1 Å². The van der Waals surface area contributed by atoms with Crippen molar-refractivity contribution in [3.63, 3.8) is 0 Å². The van der Waals surface area contributed by atoms with Crippen LogP contribution in [0.15, 0.2) is 18.2 Å². The lowest BCUT2D eigenvalue weighted by atomic mass is 9.78. The zero-order valence-electron chi connectivity index (χ0n) is 11.4. The summed E-state index contributed by atoms with van der Waals surface area (Å²) in [6.07, 6.45) is 3.66. The van der Waals surface area contributed by atoms with Gasteiger partial charge in [-0.25, -0.2) is 0 Å². The molecule has 0 aliphatic heterocycles. The third-order valence-electron chi connectivity index (χ3n) is 4.30. The molecule has 1 aliphatic carbocycles. The number of nitrogens with one attached hydrogen (secondary N) is 1. The van der Waals surface area contributed by atoms with E-state index in [1.807, 2.05) is 0 Å². The highest BCUT2D eigenvalue weighted by Crippen LogP contribution is 2.33. The maximum Gasteiger partial charge on any atom is 0.248 e. The molecule has 1 aliphatic rings. The molecule has 2 rings (SSSR count). The van der Waals surface area contributed by atoms with Crippen LogP contribution in [-0.4, -0.2) is 11.9 Å². The Hall–Kier alpha value is -1.22. The fourth-order valence-electron chi connectivity index (χ4n) is 2.77. The Morgan fingerprint density at radius 2 is 2.11 bits per heavy atom. The third kappa shape index (κ3) is 3.21. The minimum Gasteiger partial charge on any atom is -0.381 e. The fraction of sp³-hybridized carbons (Fsp3) is 0.533. The van der Waals surface area contributed by atoms with Crippen LogP contribution >= 0.6 is 11.6 Å². The van der Waals surface area contributed by atoms with Crippen LogP contribution in [0, 0.1) is 11.8 Å². The largest absolute Gasteiger partial charge is 0.381 e. The van der Waals surface area contributed by atoms with E-state index in [2.05, 4.69) is 19.2 Å². The van der Waals surface area contributed by atoms with Crippen molar-refractivity contribution in [2.75, 3.05) is 5.32 Å². The normalized spacial score (nSPS) is 27.0. The second kappa shape index (κ2) is 5.83. The zero-order chi connectivity index (χ0) is 14.0. The van der Waals surface area contributed by atoms with Gasteiger partial charge in [-0.05, 0) is 36.5 Å². The van der Waals surface area contributed by atoms with Crippen molar-refractivity contribution >= 4 is 23.2 Å². The standard InChI is InChI=1S/C15H21ClN2O/c1-9-4-3-5-13(10(9)2)18-14-8-11(15(17)19)6-7-12(14)16/h6-10,13,18H,3-5H2,1-2H3,(H2,17,19). The summed E-state index contributed by atoms with van der Waals surface area (Å²) < 4.78 is 0. The van der Waals surface area contributed by atoms with Gasteiger partial charge in [0.1, 0.15) is 0 Å². The maximum atomic E-state index is 11.2. The molecule has 0 aromatic heterocycles. The first kappa shape index (κ1) is 14.2. The molecule has 4 heteroatoms. The first-order valence-corrected chi connectivity index (χ1v) is 7.22. The first-order valence-electron chi connectivity index (χ1n) is 6.85. The monoisotopic (exact) mass is 280 g/mol. The number of benzene rings is 1. The van der Waals surface area contributed by atoms with Crippen molar-refractivity contribution in [1.82, 2.24) is 0 Å². The van der Waals surface area contributed by atoms with Crippen molar-refractivity contribution in [1.29, 1.82) is 0 Å². The van der Waals surface area contributed by atoms with E-state index < -0.39 is 5.91 Å². The van der Waals surface area contributed by atoms with Gasteiger partial charge in [0.15, 0.2) is 0 Å². The second-order valence-corrected chi connectivity index (χ2v) is 5.98. The maximum absolute atomic E-state index is 11.2. The number of amides is 1. The lowest BCUT2D eigenvalue weighted by molar-refractivity contribution is 0.100. The minimum atomic E-state index is -0.426. The number of hydrogen-bond acceptors (Lipinski definition) is 2. The number of anilines is 1. The predicted molar refractivity (Wildman–Crippen MR) is 79.6 cm³/mol. The molecule has 19 heavy (non-hydrogen) atoms. The van der Waals surface area contributed by atoms with Gasteiger partial charge in [-0.2, -0.15) is 0 Å². The van der Waals surface area contributed by atoms with Crippen molar-refractivity contribution in [2.45, 2.75) is 39.2 Å². The van der Waals surface area contributed by atoms with Gasteiger partial charge in [-0.15, -0.1) is 0 Å². The number of hydrogen-bond donors (Lipinski definition) is 2. The molecule has 1 aromatic rings. The van der Waals surface area contributed by atoms with E-state index >= 15 is 0 Å². The average Bonchev–Trinajstić information content (AvgIpc) is 2.37. The van der Waals surface area contributed by atoms with Crippen LogP contribution in [-0.2, 0) is 0 Å². The van der Waals surface area contributed by atoms with E-state index in [0.29, 0.717) is 28.5 Å². The van der Waals surface area contributed by atoms with Crippen molar-refractivity contribution in [3.8, 4) is 0 Å². The number of primary amides is 1. The van der Waals surface area contributed by atoms with Gasteiger partial charge >= 0.3 is 0 Å². The molecule has 1 fully saturated rings. The highest BCUT2D eigenvalue weighted by Gasteiger charge is 2.27. The highest BCUT2D eigenvalue weighted by molar-refractivity contribution is 6.33. The van der Waals surface area contributed by atoms with Crippen LogP contribution in [0.4, 0.5) is 5.69 Å². The van der Waals surface area contributed by atoms with Crippen molar-refractivity contribution in [2.24, 2.45) is 17.6 Å². The SMILES string of the molecule is CC1CCCC(Nc2cc(C(N)=O)ccc2Cl)C1C. The summed E-state index contributed by atoms with van der Waals surface area (Å²) in [6.45, 7) is 4.56. The molecule has 3 nitrogen and oxygen atoms in total. The summed E-state index contributed by atoms with van der Waals surface area (Å²) in [5, 5.41) is 4.12. The fourth-order valence-corrected chi connectivity index (χ4v) is 2.95. The van der Waals surface area contributed by atoms with Crippen LogP contribution in [0.1, 0.15) is 43.5 Å². The number of halogens is 1. The molecule has 0 bridgehead atoms. The quantitative estimate of drug-likeness (QED) is 0.887.